The lowest BCUT2D eigenvalue weighted by atomic mass is 9.85. The van der Waals surface area contributed by atoms with Crippen molar-refractivity contribution >= 4 is 44.1 Å². The Morgan fingerprint density at radius 2 is 1.91 bits per heavy atom. The third-order valence-electron chi connectivity index (χ3n) is 6.26. The lowest BCUT2D eigenvalue weighted by Crippen LogP contribution is -2.21. The van der Waals surface area contributed by atoms with Crippen molar-refractivity contribution in [2.75, 3.05) is 14.9 Å². The minimum atomic E-state index is -3.48. The summed E-state index contributed by atoms with van der Waals surface area (Å²) in [6.07, 6.45) is 5.50. The zero-order valence-corrected chi connectivity index (χ0v) is 21.3. The molecule has 33 heavy (non-hydrogen) atoms. The summed E-state index contributed by atoms with van der Waals surface area (Å²) in [5.41, 5.74) is 0.760. The van der Waals surface area contributed by atoms with Crippen molar-refractivity contribution < 1.29 is 22.7 Å². The molecule has 2 N–H and O–H groups in total. The Morgan fingerprint density at radius 3 is 2.64 bits per heavy atom. The van der Waals surface area contributed by atoms with E-state index >= 15 is 0 Å². The van der Waals surface area contributed by atoms with Crippen molar-refractivity contribution in [3.8, 4) is 5.75 Å². The van der Waals surface area contributed by atoms with E-state index in [1.54, 1.807) is 18.2 Å². The number of benzene rings is 1. The van der Waals surface area contributed by atoms with Gasteiger partial charge in [-0.05, 0) is 55.7 Å². The normalized spacial score (nSPS) is 17.7. The molecule has 1 unspecified atom stereocenters. The van der Waals surface area contributed by atoms with Gasteiger partial charge in [0.25, 0.3) is 0 Å². The van der Waals surface area contributed by atoms with Crippen molar-refractivity contribution in [3.05, 3.63) is 57.1 Å². The summed E-state index contributed by atoms with van der Waals surface area (Å²) >= 11 is 2.14. The summed E-state index contributed by atoms with van der Waals surface area (Å²) in [5.74, 6) is -0.507. The SMILES string of the molecule is O=C1CCCCCc2oc(=O)c(C(c3cccc(NS(=O)(=O)CCCI)c3)C3CC3)c(O)c21. The summed E-state index contributed by atoms with van der Waals surface area (Å²) in [6, 6.07) is 6.94. The molecule has 2 aliphatic carbocycles. The van der Waals surface area contributed by atoms with Crippen LogP contribution in [0.4, 0.5) is 5.69 Å². The van der Waals surface area contributed by atoms with E-state index in [0.717, 1.165) is 36.5 Å². The topological polar surface area (TPSA) is 114 Å². The number of rotatable bonds is 8. The van der Waals surface area contributed by atoms with E-state index in [1.165, 1.54) is 0 Å². The van der Waals surface area contributed by atoms with Gasteiger partial charge in [0, 0.05) is 28.9 Å². The fourth-order valence-electron chi connectivity index (χ4n) is 4.57. The van der Waals surface area contributed by atoms with E-state index in [4.69, 9.17) is 4.42 Å². The van der Waals surface area contributed by atoms with Crippen molar-refractivity contribution in [3.63, 3.8) is 0 Å². The Labute approximate surface area is 207 Å². The number of aromatic hydroxyl groups is 1. The first-order valence-electron chi connectivity index (χ1n) is 11.4. The molecule has 1 aromatic heterocycles. The largest absolute Gasteiger partial charge is 0.506 e. The van der Waals surface area contributed by atoms with Gasteiger partial charge in [0.2, 0.25) is 10.0 Å². The highest BCUT2D eigenvalue weighted by Crippen LogP contribution is 2.49. The second kappa shape index (κ2) is 10.2. The number of aryl methyl sites for hydroxylation is 1. The number of Topliss-reactive ketones (excluding diaryl/α,β-unsaturated/α-hetero) is 1. The molecular formula is C24H28INO6S. The van der Waals surface area contributed by atoms with Gasteiger partial charge in [-0.15, -0.1) is 0 Å². The van der Waals surface area contributed by atoms with Crippen LogP contribution in [0, 0.1) is 5.92 Å². The number of hydrogen-bond donors (Lipinski definition) is 2. The number of alkyl halides is 1. The molecule has 1 fully saturated rings. The number of carbonyl (C=O) groups is 1. The molecule has 1 atom stereocenters. The summed E-state index contributed by atoms with van der Waals surface area (Å²) in [6.45, 7) is 0. The first kappa shape index (κ1) is 24.3. The molecule has 0 spiro atoms. The summed E-state index contributed by atoms with van der Waals surface area (Å²) in [7, 11) is -3.48. The molecule has 1 heterocycles. The van der Waals surface area contributed by atoms with Gasteiger partial charge in [0.15, 0.2) is 5.78 Å². The molecule has 7 nitrogen and oxygen atoms in total. The van der Waals surface area contributed by atoms with Gasteiger partial charge in [0.1, 0.15) is 11.5 Å². The third-order valence-corrected chi connectivity index (χ3v) is 8.40. The molecule has 1 aromatic carbocycles. The Hall–Kier alpha value is -1.88. The van der Waals surface area contributed by atoms with Gasteiger partial charge >= 0.3 is 5.63 Å². The standard InChI is InChI=1S/C24H28INO6S/c25-12-5-13-33(30,31)26-17-7-4-6-16(14-17)20(15-10-11-15)22-23(28)21-18(27)8-2-1-3-9-19(21)32-24(22)29/h4,6-7,14-15,20,26,28H,1-3,5,8-13H2. The molecule has 9 heteroatoms. The van der Waals surface area contributed by atoms with Crippen LogP contribution in [0.2, 0.25) is 0 Å². The van der Waals surface area contributed by atoms with Crippen LogP contribution in [0.25, 0.3) is 0 Å². The molecule has 4 rings (SSSR count). The summed E-state index contributed by atoms with van der Waals surface area (Å²) < 4.78 is 33.7. The van der Waals surface area contributed by atoms with E-state index in [2.05, 4.69) is 27.3 Å². The number of anilines is 1. The Morgan fingerprint density at radius 1 is 1.15 bits per heavy atom. The number of halogens is 1. The molecule has 0 saturated heterocycles. The highest BCUT2D eigenvalue weighted by atomic mass is 127. The fraction of sp³-hybridized carbons (Fsp3) is 0.500. The minimum absolute atomic E-state index is 0.0313. The van der Waals surface area contributed by atoms with Gasteiger partial charge < -0.3 is 9.52 Å². The lowest BCUT2D eigenvalue weighted by molar-refractivity contribution is 0.0968. The molecule has 0 bridgehead atoms. The van der Waals surface area contributed by atoms with Gasteiger partial charge in [-0.25, -0.2) is 13.2 Å². The van der Waals surface area contributed by atoms with E-state index in [-0.39, 0.29) is 40.1 Å². The highest BCUT2D eigenvalue weighted by molar-refractivity contribution is 14.1. The average Bonchev–Trinajstić information content (AvgIpc) is 3.58. The van der Waals surface area contributed by atoms with Crippen LogP contribution in [-0.4, -0.2) is 29.5 Å². The first-order valence-corrected chi connectivity index (χ1v) is 14.6. The van der Waals surface area contributed by atoms with E-state index < -0.39 is 21.6 Å². The average molecular weight is 585 g/mol. The quantitative estimate of drug-likeness (QED) is 0.342. The van der Waals surface area contributed by atoms with Crippen molar-refractivity contribution in [1.82, 2.24) is 0 Å². The highest BCUT2D eigenvalue weighted by Gasteiger charge is 2.39. The van der Waals surface area contributed by atoms with Crippen LogP contribution in [-0.2, 0) is 16.4 Å². The number of fused-ring (bicyclic) bond motifs is 1. The molecule has 2 aliphatic rings. The molecule has 2 aromatic rings. The van der Waals surface area contributed by atoms with Crippen molar-refractivity contribution in [1.29, 1.82) is 0 Å². The zero-order chi connectivity index (χ0) is 23.6. The maximum absolute atomic E-state index is 13.0. The van der Waals surface area contributed by atoms with Gasteiger partial charge in [-0.2, -0.15) is 0 Å². The maximum atomic E-state index is 13.0. The van der Waals surface area contributed by atoms with Gasteiger partial charge in [-0.1, -0.05) is 41.1 Å². The summed E-state index contributed by atoms with van der Waals surface area (Å²) in [5, 5.41) is 11.2. The third kappa shape index (κ3) is 5.62. The van der Waals surface area contributed by atoms with Crippen LogP contribution in [0.1, 0.15) is 78.1 Å². The molecule has 0 aliphatic heterocycles. The second-order valence-electron chi connectivity index (χ2n) is 8.84. The first-order chi connectivity index (χ1) is 15.8. The summed E-state index contributed by atoms with van der Waals surface area (Å²) in [4.78, 5) is 25.8. The second-order valence-corrected chi connectivity index (χ2v) is 11.8. The number of hydrogen-bond acceptors (Lipinski definition) is 6. The van der Waals surface area contributed by atoms with E-state index in [0.29, 0.717) is 30.5 Å². The minimum Gasteiger partial charge on any atom is -0.506 e. The molecule has 1 saturated carbocycles. The van der Waals surface area contributed by atoms with Crippen LogP contribution < -0.4 is 10.3 Å². The van der Waals surface area contributed by atoms with Crippen molar-refractivity contribution in [2.45, 2.75) is 57.3 Å². The Balaban J connectivity index is 1.75. The lowest BCUT2D eigenvalue weighted by Gasteiger charge is -2.21. The number of carbonyl (C=O) groups excluding carboxylic acids is 1. The predicted octanol–water partition coefficient (Wildman–Crippen LogP) is 4.75. The van der Waals surface area contributed by atoms with Crippen LogP contribution >= 0.6 is 22.6 Å². The molecule has 0 radical (unpaired) electrons. The molecule has 178 valence electrons. The Bertz CT molecular complexity index is 1200. The number of sulfonamides is 1. The number of ketones is 1. The monoisotopic (exact) mass is 585 g/mol. The molecule has 0 amide bonds. The maximum Gasteiger partial charge on any atom is 0.343 e. The van der Waals surface area contributed by atoms with Crippen LogP contribution in [0.5, 0.6) is 5.75 Å². The smallest absolute Gasteiger partial charge is 0.343 e. The molecular weight excluding hydrogens is 557 g/mol. The van der Waals surface area contributed by atoms with Crippen LogP contribution in [0.3, 0.4) is 0 Å². The fourth-order valence-corrected chi connectivity index (χ4v) is 6.58. The van der Waals surface area contributed by atoms with Crippen molar-refractivity contribution in [2.24, 2.45) is 5.92 Å². The number of nitrogens with one attached hydrogen (secondary N) is 1. The van der Waals surface area contributed by atoms with Gasteiger partial charge in [0.05, 0.1) is 16.9 Å². The predicted molar refractivity (Wildman–Crippen MR) is 135 cm³/mol. The Kier molecular flexibility index (Phi) is 7.47. The zero-order valence-electron chi connectivity index (χ0n) is 18.3. The van der Waals surface area contributed by atoms with E-state index in [9.17, 15) is 23.1 Å². The van der Waals surface area contributed by atoms with Gasteiger partial charge in [-0.3, -0.25) is 9.52 Å². The van der Waals surface area contributed by atoms with E-state index in [1.807, 2.05) is 6.07 Å². The van der Waals surface area contributed by atoms with Crippen LogP contribution in [0.15, 0.2) is 33.5 Å².